The molecule has 2 aromatic carbocycles. The first-order valence-corrected chi connectivity index (χ1v) is 11.2. The number of nitrogens with one attached hydrogen (secondary N) is 2. The summed E-state index contributed by atoms with van der Waals surface area (Å²) in [5.74, 6) is 0.425. The van der Waals surface area contributed by atoms with Crippen LogP contribution in [0, 0.1) is 32.5 Å². The maximum absolute atomic E-state index is 12.7. The molecule has 0 aliphatic rings. The Morgan fingerprint density at radius 3 is 2.55 bits per heavy atom. The molecular formula is C23H23N5OS2. The lowest BCUT2D eigenvalue weighted by atomic mass is 9.99. The van der Waals surface area contributed by atoms with Gasteiger partial charge >= 0.3 is 0 Å². The van der Waals surface area contributed by atoms with Gasteiger partial charge in [0.05, 0.1) is 5.69 Å². The number of aromatic amines is 1. The van der Waals surface area contributed by atoms with E-state index < -0.39 is 0 Å². The summed E-state index contributed by atoms with van der Waals surface area (Å²) >= 11 is 6.75. The molecule has 2 N–H and O–H groups in total. The fraction of sp³-hybridized carbons (Fsp3) is 0.217. The molecule has 0 fully saturated rings. The van der Waals surface area contributed by atoms with Gasteiger partial charge in [0.2, 0.25) is 5.91 Å². The van der Waals surface area contributed by atoms with Crippen molar-refractivity contribution in [1.29, 1.82) is 0 Å². The summed E-state index contributed by atoms with van der Waals surface area (Å²) in [4.78, 5) is 17.3. The fourth-order valence-electron chi connectivity index (χ4n) is 3.38. The van der Waals surface area contributed by atoms with E-state index in [0.29, 0.717) is 15.7 Å². The van der Waals surface area contributed by atoms with Crippen LogP contribution in [0.2, 0.25) is 0 Å². The molecule has 1 amide bonds. The summed E-state index contributed by atoms with van der Waals surface area (Å²) in [5, 5.41) is 12.5. The second kappa shape index (κ2) is 8.56. The molecule has 2 heterocycles. The minimum absolute atomic E-state index is 0.0517. The third-order valence-corrected chi connectivity index (χ3v) is 6.31. The van der Waals surface area contributed by atoms with Crippen molar-refractivity contribution in [2.24, 2.45) is 0 Å². The molecule has 0 saturated heterocycles. The lowest BCUT2D eigenvalue weighted by molar-refractivity contribution is -0.116. The zero-order valence-electron chi connectivity index (χ0n) is 17.8. The number of hydrogen-bond acceptors (Lipinski definition) is 5. The molecule has 0 atom stereocenters. The maximum atomic E-state index is 12.7. The first kappa shape index (κ1) is 21.1. The van der Waals surface area contributed by atoms with Crippen molar-refractivity contribution >= 4 is 34.6 Å². The van der Waals surface area contributed by atoms with Crippen molar-refractivity contribution in [3.63, 3.8) is 0 Å². The fourth-order valence-corrected chi connectivity index (χ4v) is 4.30. The number of nitrogens with zero attached hydrogens (tertiary/aromatic N) is 3. The number of benzene rings is 2. The highest BCUT2D eigenvalue weighted by atomic mass is 32.1. The van der Waals surface area contributed by atoms with Crippen LogP contribution in [0.4, 0.5) is 5.13 Å². The zero-order chi connectivity index (χ0) is 22.1. The first-order chi connectivity index (χ1) is 14.8. The smallest absolute Gasteiger partial charge is 0.246 e. The predicted octanol–water partition coefficient (Wildman–Crippen LogP) is 5.60. The lowest BCUT2D eigenvalue weighted by Crippen LogP contribution is -2.19. The van der Waals surface area contributed by atoms with Crippen LogP contribution < -0.4 is 5.32 Å². The number of hydrogen-bond donors (Lipinski definition) is 2. The predicted molar refractivity (Wildman–Crippen MR) is 128 cm³/mol. The Hall–Kier alpha value is -3.10. The SMILES string of the molecule is Cc1ccc(-c2n[nH]c(=S)n2CC(=O)Nc2nc(-c3cc(C)c(C)cc3C)cs2)cc1. The summed E-state index contributed by atoms with van der Waals surface area (Å²) in [6.45, 7) is 8.34. The number of thiazole rings is 1. The number of carbonyl (C=O) groups excluding carboxylic acids is 1. The van der Waals surface area contributed by atoms with Gasteiger partial charge in [-0.25, -0.2) is 4.98 Å². The monoisotopic (exact) mass is 449 g/mol. The Morgan fingerprint density at radius 1 is 1.10 bits per heavy atom. The van der Waals surface area contributed by atoms with E-state index >= 15 is 0 Å². The average molecular weight is 450 g/mol. The van der Waals surface area contributed by atoms with E-state index in [9.17, 15) is 4.79 Å². The largest absolute Gasteiger partial charge is 0.300 e. The van der Waals surface area contributed by atoms with Gasteiger partial charge in [0.15, 0.2) is 15.7 Å². The molecule has 4 aromatic rings. The normalized spacial score (nSPS) is 11.0. The van der Waals surface area contributed by atoms with E-state index in [0.717, 1.165) is 22.4 Å². The molecule has 0 saturated carbocycles. The Kier molecular flexibility index (Phi) is 5.84. The van der Waals surface area contributed by atoms with Crippen LogP contribution in [0.25, 0.3) is 22.6 Å². The lowest BCUT2D eigenvalue weighted by Gasteiger charge is -2.08. The highest BCUT2D eigenvalue weighted by Gasteiger charge is 2.15. The van der Waals surface area contributed by atoms with Crippen molar-refractivity contribution in [3.05, 3.63) is 68.8 Å². The van der Waals surface area contributed by atoms with Crippen LogP contribution in [0.1, 0.15) is 22.3 Å². The number of aryl methyl sites for hydroxylation is 4. The number of amides is 1. The minimum atomic E-state index is -0.205. The third kappa shape index (κ3) is 4.50. The molecule has 0 spiro atoms. The average Bonchev–Trinajstić information content (AvgIpc) is 3.33. The second-order valence-corrected chi connectivity index (χ2v) is 8.89. The summed E-state index contributed by atoms with van der Waals surface area (Å²) in [5.41, 5.74) is 7.63. The summed E-state index contributed by atoms with van der Waals surface area (Å²) in [7, 11) is 0. The van der Waals surface area contributed by atoms with Crippen molar-refractivity contribution < 1.29 is 4.79 Å². The number of carbonyl (C=O) groups is 1. The van der Waals surface area contributed by atoms with Crippen LogP contribution in [-0.2, 0) is 11.3 Å². The van der Waals surface area contributed by atoms with E-state index in [4.69, 9.17) is 12.2 Å². The molecule has 0 radical (unpaired) electrons. The van der Waals surface area contributed by atoms with Gasteiger partial charge < -0.3 is 5.32 Å². The topological polar surface area (TPSA) is 75.6 Å². The highest BCUT2D eigenvalue weighted by molar-refractivity contribution is 7.71. The first-order valence-electron chi connectivity index (χ1n) is 9.87. The van der Waals surface area contributed by atoms with Crippen LogP contribution in [0.15, 0.2) is 41.8 Å². The number of aromatic nitrogens is 4. The van der Waals surface area contributed by atoms with Gasteiger partial charge in [0, 0.05) is 16.5 Å². The van der Waals surface area contributed by atoms with E-state index in [-0.39, 0.29) is 12.5 Å². The molecule has 0 aliphatic heterocycles. The Morgan fingerprint density at radius 2 is 1.81 bits per heavy atom. The second-order valence-electron chi connectivity index (χ2n) is 7.64. The van der Waals surface area contributed by atoms with E-state index in [1.807, 2.05) is 36.6 Å². The van der Waals surface area contributed by atoms with Crippen molar-refractivity contribution in [2.75, 3.05) is 5.32 Å². The summed E-state index contributed by atoms with van der Waals surface area (Å²) in [6.07, 6.45) is 0. The van der Waals surface area contributed by atoms with Crippen molar-refractivity contribution in [1.82, 2.24) is 19.7 Å². The molecule has 31 heavy (non-hydrogen) atoms. The van der Waals surface area contributed by atoms with Crippen LogP contribution in [0.3, 0.4) is 0 Å². The van der Waals surface area contributed by atoms with Crippen LogP contribution in [-0.4, -0.2) is 25.7 Å². The highest BCUT2D eigenvalue weighted by Crippen LogP contribution is 2.29. The minimum Gasteiger partial charge on any atom is -0.300 e. The Balaban J connectivity index is 1.52. The molecule has 0 unspecified atom stereocenters. The van der Waals surface area contributed by atoms with Gasteiger partial charge in [-0.05, 0) is 62.7 Å². The van der Waals surface area contributed by atoms with Gasteiger partial charge in [-0.1, -0.05) is 35.9 Å². The number of rotatable bonds is 5. The molecule has 2 aromatic heterocycles. The summed E-state index contributed by atoms with van der Waals surface area (Å²) < 4.78 is 2.09. The quantitative estimate of drug-likeness (QED) is 0.389. The Bertz CT molecular complexity index is 1310. The van der Waals surface area contributed by atoms with Crippen molar-refractivity contribution in [2.45, 2.75) is 34.2 Å². The van der Waals surface area contributed by atoms with E-state index in [2.05, 4.69) is 53.4 Å². The molecule has 0 bridgehead atoms. The van der Waals surface area contributed by atoms with E-state index in [1.54, 1.807) is 4.57 Å². The standard InChI is InChI=1S/C23H23N5OS2/c1-13-5-7-17(8-6-13)21-26-27-23(30)28(21)11-20(29)25-22-24-19(12-31-22)18-10-15(3)14(2)9-16(18)4/h5-10,12H,11H2,1-4H3,(H,27,30)(H,24,25,29). The number of anilines is 1. The van der Waals surface area contributed by atoms with Crippen molar-refractivity contribution in [3.8, 4) is 22.6 Å². The molecule has 4 rings (SSSR count). The molecule has 0 aliphatic carbocycles. The molecule has 6 nitrogen and oxygen atoms in total. The summed E-state index contributed by atoms with van der Waals surface area (Å²) in [6, 6.07) is 12.2. The van der Waals surface area contributed by atoms with Gasteiger partial charge in [-0.3, -0.25) is 14.5 Å². The molecular weight excluding hydrogens is 426 g/mol. The number of H-pyrrole nitrogens is 1. The molecule has 8 heteroatoms. The van der Waals surface area contributed by atoms with Crippen LogP contribution in [0.5, 0.6) is 0 Å². The van der Waals surface area contributed by atoms with Gasteiger partial charge in [0.25, 0.3) is 0 Å². The van der Waals surface area contributed by atoms with Gasteiger partial charge in [-0.2, -0.15) is 5.10 Å². The van der Waals surface area contributed by atoms with E-state index in [1.165, 1.54) is 28.0 Å². The van der Waals surface area contributed by atoms with Gasteiger partial charge in [-0.15, -0.1) is 11.3 Å². The maximum Gasteiger partial charge on any atom is 0.246 e. The third-order valence-electron chi connectivity index (χ3n) is 5.24. The van der Waals surface area contributed by atoms with Crippen LogP contribution >= 0.6 is 23.6 Å². The molecule has 158 valence electrons. The van der Waals surface area contributed by atoms with Gasteiger partial charge in [0.1, 0.15) is 6.54 Å². The zero-order valence-corrected chi connectivity index (χ0v) is 19.4. The Labute approximate surface area is 190 Å².